The van der Waals surface area contributed by atoms with Crippen LogP contribution in [0.4, 0.5) is 0 Å². The molecule has 1 N–H and O–H groups in total. The van der Waals surface area contributed by atoms with Crippen molar-refractivity contribution in [3.8, 4) is 0 Å². The van der Waals surface area contributed by atoms with Gasteiger partial charge in [-0.1, -0.05) is 48.0 Å². The van der Waals surface area contributed by atoms with E-state index in [0.717, 1.165) is 6.54 Å². The largest absolute Gasteiger partial charge is 0.306 e. The van der Waals surface area contributed by atoms with E-state index in [0.29, 0.717) is 6.04 Å². The van der Waals surface area contributed by atoms with Gasteiger partial charge in [0.15, 0.2) is 0 Å². The Morgan fingerprint density at radius 2 is 1.63 bits per heavy atom. The van der Waals surface area contributed by atoms with Crippen LogP contribution in [0.3, 0.4) is 0 Å². The third-order valence-electron chi connectivity index (χ3n) is 3.89. The van der Waals surface area contributed by atoms with Gasteiger partial charge in [-0.15, -0.1) is 0 Å². The molecule has 100 valence electrons. The minimum absolute atomic E-state index is 0.375. The SMILES string of the molecule is Cc1ccc([C@@H](C)NCc2cccc(C)c2C)cc1. The van der Waals surface area contributed by atoms with Crippen LogP contribution in [0.1, 0.15) is 40.8 Å². The molecule has 0 heterocycles. The zero-order valence-corrected chi connectivity index (χ0v) is 12.3. The number of rotatable bonds is 4. The highest BCUT2D eigenvalue weighted by atomic mass is 14.9. The predicted octanol–water partition coefficient (Wildman–Crippen LogP) is 4.46. The zero-order valence-electron chi connectivity index (χ0n) is 12.3. The molecule has 0 aliphatic carbocycles. The van der Waals surface area contributed by atoms with Crippen molar-refractivity contribution in [3.63, 3.8) is 0 Å². The van der Waals surface area contributed by atoms with Gasteiger partial charge in [-0.2, -0.15) is 0 Å². The maximum absolute atomic E-state index is 3.60. The van der Waals surface area contributed by atoms with Crippen LogP contribution in [0.2, 0.25) is 0 Å². The minimum Gasteiger partial charge on any atom is -0.306 e. The van der Waals surface area contributed by atoms with E-state index in [1.54, 1.807) is 0 Å². The van der Waals surface area contributed by atoms with Gasteiger partial charge in [0.25, 0.3) is 0 Å². The average molecular weight is 253 g/mol. The van der Waals surface area contributed by atoms with Crippen molar-refractivity contribution in [2.45, 2.75) is 40.3 Å². The van der Waals surface area contributed by atoms with Gasteiger partial charge in [-0.3, -0.25) is 0 Å². The number of hydrogen-bond donors (Lipinski definition) is 1. The second-order valence-corrected chi connectivity index (χ2v) is 5.37. The summed E-state index contributed by atoms with van der Waals surface area (Å²) in [6, 6.07) is 15.6. The van der Waals surface area contributed by atoms with E-state index < -0.39 is 0 Å². The van der Waals surface area contributed by atoms with Crippen molar-refractivity contribution in [2.24, 2.45) is 0 Å². The smallest absolute Gasteiger partial charge is 0.0294 e. The average Bonchev–Trinajstić information content (AvgIpc) is 2.41. The minimum atomic E-state index is 0.375. The van der Waals surface area contributed by atoms with Crippen molar-refractivity contribution >= 4 is 0 Å². The molecule has 0 saturated carbocycles. The summed E-state index contributed by atoms with van der Waals surface area (Å²) in [6.45, 7) is 9.63. The molecule has 1 heteroatoms. The molecule has 1 nitrogen and oxygen atoms in total. The summed E-state index contributed by atoms with van der Waals surface area (Å²) in [6.07, 6.45) is 0. The lowest BCUT2D eigenvalue weighted by Gasteiger charge is -2.16. The van der Waals surface area contributed by atoms with Gasteiger partial charge in [0, 0.05) is 12.6 Å². The first-order valence-electron chi connectivity index (χ1n) is 6.93. The number of hydrogen-bond acceptors (Lipinski definition) is 1. The lowest BCUT2D eigenvalue weighted by Crippen LogP contribution is -2.18. The lowest BCUT2D eigenvalue weighted by atomic mass is 10.0. The molecule has 1 atom stereocenters. The van der Waals surface area contributed by atoms with Crippen molar-refractivity contribution in [3.05, 3.63) is 70.3 Å². The summed E-state index contributed by atoms with van der Waals surface area (Å²) < 4.78 is 0. The Hall–Kier alpha value is -1.60. The second kappa shape index (κ2) is 6.03. The van der Waals surface area contributed by atoms with Crippen molar-refractivity contribution in [1.82, 2.24) is 5.32 Å². The number of aryl methyl sites for hydroxylation is 2. The first kappa shape index (κ1) is 13.8. The first-order valence-corrected chi connectivity index (χ1v) is 6.93. The molecule has 0 fully saturated rings. The van der Waals surface area contributed by atoms with Crippen LogP contribution < -0.4 is 5.32 Å². The molecule has 2 aromatic carbocycles. The molecule has 0 spiro atoms. The van der Waals surface area contributed by atoms with Crippen LogP contribution in [0.25, 0.3) is 0 Å². The van der Waals surface area contributed by atoms with Gasteiger partial charge in [-0.05, 0) is 49.9 Å². The fourth-order valence-corrected chi connectivity index (χ4v) is 2.24. The fraction of sp³-hybridized carbons (Fsp3) is 0.333. The van der Waals surface area contributed by atoms with E-state index in [4.69, 9.17) is 0 Å². The molecule has 0 unspecified atom stereocenters. The van der Waals surface area contributed by atoms with E-state index in [-0.39, 0.29) is 0 Å². The third kappa shape index (κ3) is 3.45. The summed E-state index contributed by atoms with van der Waals surface area (Å²) in [5, 5.41) is 3.60. The topological polar surface area (TPSA) is 12.0 Å². The van der Waals surface area contributed by atoms with Crippen LogP contribution in [0.5, 0.6) is 0 Å². The van der Waals surface area contributed by atoms with E-state index >= 15 is 0 Å². The zero-order chi connectivity index (χ0) is 13.8. The molecule has 0 aliphatic heterocycles. The van der Waals surface area contributed by atoms with Gasteiger partial charge >= 0.3 is 0 Å². The maximum atomic E-state index is 3.60. The Labute approximate surface area is 116 Å². The highest BCUT2D eigenvalue weighted by Crippen LogP contribution is 2.16. The molecular formula is C18H23N. The van der Waals surface area contributed by atoms with Crippen molar-refractivity contribution < 1.29 is 0 Å². The van der Waals surface area contributed by atoms with Crippen LogP contribution >= 0.6 is 0 Å². The van der Waals surface area contributed by atoms with Gasteiger partial charge < -0.3 is 5.32 Å². The van der Waals surface area contributed by atoms with E-state index in [2.05, 4.69) is 75.5 Å². The quantitative estimate of drug-likeness (QED) is 0.848. The molecule has 19 heavy (non-hydrogen) atoms. The van der Waals surface area contributed by atoms with Gasteiger partial charge in [-0.25, -0.2) is 0 Å². The molecule has 0 bridgehead atoms. The van der Waals surface area contributed by atoms with Gasteiger partial charge in [0.1, 0.15) is 0 Å². The Morgan fingerprint density at radius 1 is 0.947 bits per heavy atom. The second-order valence-electron chi connectivity index (χ2n) is 5.37. The normalized spacial score (nSPS) is 12.4. The van der Waals surface area contributed by atoms with Crippen LogP contribution in [-0.4, -0.2) is 0 Å². The molecule has 2 aromatic rings. The highest BCUT2D eigenvalue weighted by molar-refractivity contribution is 5.33. The lowest BCUT2D eigenvalue weighted by molar-refractivity contribution is 0.573. The van der Waals surface area contributed by atoms with E-state index in [9.17, 15) is 0 Å². The molecular weight excluding hydrogens is 230 g/mol. The summed E-state index contributed by atoms with van der Waals surface area (Å²) in [4.78, 5) is 0. The summed E-state index contributed by atoms with van der Waals surface area (Å²) in [5.41, 5.74) is 6.80. The molecule has 0 radical (unpaired) electrons. The highest BCUT2D eigenvalue weighted by Gasteiger charge is 2.06. The summed E-state index contributed by atoms with van der Waals surface area (Å²) >= 11 is 0. The van der Waals surface area contributed by atoms with Gasteiger partial charge in [0.2, 0.25) is 0 Å². The van der Waals surface area contributed by atoms with Crippen molar-refractivity contribution in [2.75, 3.05) is 0 Å². The Kier molecular flexibility index (Phi) is 4.39. The van der Waals surface area contributed by atoms with E-state index in [1.807, 2.05) is 0 Å². The maximum Gasteiger partial charge on any atom is 0.0294 e. The van der Waals surface area contributed by atoms with Crippen molar-refractivity contribution in [1.29, 1.82) is 0 Å². The van der Waals surface area contributed by atoms with Crippen LogP contribution in [0.15, 0.2) is 42.5 Å². The standard InChI is InChI=1S/C18H23N/c1-13-8-10-17(11-9-13)16(4)19-12-18-7-5-6-14(2)15(18)3/h5-11,16,19H,12H2,1-4H3/t16-/m1/s1. The van der Waals surface area contributed by atoms with Crippen LogP contribution in [0, 0.1) is 20.8 Å². The molecule has 0 saturated heterocycles. The molecule has 0 aromatic heterocycles. The monoisotopic (exact) mass is 253 g/mol. The van der Waals surface area contributed by atoms with E-state index in [1.165, 1.54) is 27.8 Å². The molecule has 0 amide bonds. The number of nitrogens with one attached hydrogen (secondary N) is 1. The first-order chi connectivity index (χ1) is 9.08. The number of benzene rings is 2. The van der Waals surface area contributed by atoms with Gasteiger partial charge in [0.05, 0.1) is 0 Å². The summed E-state index contributed by atoms with van der Waals surface area (Å²) in [5.74, 6) is 0. The Morgan fingerprint density at radius 3 is 2.32 bits per heavy atom. The fourth-order valence-electron chi connectivity index (χ4n) is 2.24. The molecule has 2 rings (SSSR count). The predicted molar refractivity (Wildman–Crippen MR) is 82.3 cm³/mol. The summed E-state index contributed by atoms with van der Waals surface area (Å²) in [7, 11) is 0. The Bertz CT molecular complexity index is 540. The molecule has 0 aliphatic rings. The van der Waals surface area contributed by atoms with Crippen LogP contribution in [-0.2, 0) is 6.54 Å². The Balaban J connectivity index is 2.02. The third-order valence-corrected chi connectivity index (χ3v) is 3.89.